The highest BCUT2D eigenvalue weighted by Crippen LogP contribution is 2.21. The zero-order valence-corrected chi connectivity index (χ0v) is 10.6. The summed E-state index contributed by atoms with van der Waals surface area (Å²) in [6.45, 7) is 0. The lowest BCUT2D eigenvalue weighted by Crippen LogP contribution is -2.09. The number of rotatable bonds is 4. The third-order valence-corrected chi connectivity index (χ3v) is 2.84. The lowest BCUT2D eigenvalue weighted by atomic mass is 10.0. The van der Waals surface area contributed by atoms with Crippen LogP contribution in [-0.2, 0) is 6.42 Å². The van der Waals surface area contributed by atoms with Gasteiger partial charge in [-0.25, -0.2) is 4.98 Å². The van der Waals surface area contributed by atoms with E-state index in [-0.39, 0.29) is 12.2 Å². The van der Waals surface area contributed by atoms with Gasteiger partial charge in [-0.05, 0) is 18.2 Å². The molecule has 0 radical (unpaired) electrons. The van der Waals surface area contributed by atoms with Crippen molar-refractivity contribution >= 4 is 17.3 Å². The molecule has 1 aromatic carbocycles. The fraction of sp³-hybridized carbons (Fsp3) is 0.143. The Balaban J connectivity index is 2.23. The third kappa shape index (κ3) is 2.82. The second-order valence-corrected chi connectivity index (χ2v) is 4.10. The summed E-state index contributed by atoms with van der Waals surface area (Å²) < 4.78 is 5.05. The molecule has 2 aromatic rings. The number of ketones is 1. The van der Waals surface area contributed by atoms with E-state index in [1.807, 2.05) is 0 Å². The minimum atomic E-state index is -0.0974. The van der Waals surface area contributed by atoms with Gasteiger partial charge >= 0.3 is 0 Å². The summed E-state index contributed by atoms with van der Waals surface area (Å²) >= 11 is 0. The molecule has 0 amide bonds. The number of carbonyl (C=O) groups is 1. The lowest BCUT2D eigenvalue weighted by molar-refractivity contribution is 0.0994. The van der Waals surface area contributed by atoms with Crippen molar-refractivity contribution in [3.63, 3.8) is 0 Å². The van der Waals surface area contributed by atoms with Crippen molar-refractivity contribution in [2.45, 2.75) is 6.42 Å². The largest absolute Gasteiger partial charge is 0.497 e. The Morgan fingerprint density at radius 1 is 1.32 bits per heavy atom. The normalized spacial score (nSPS) is 10.2. The number of hydrogen-bond donors (Lipinski definition) is 2. The second-order valence-electron chi connectivity index (χ2n) is 4.10. The van der Waals surface area contributed by atoms with Crippen LogP contribution in [0.5, 0.6) is 5.75 Å². The van der Waals surface area contributed by atoms with Gasteiger partial charge in [0.1, 0.15) is 11.6 Å². The lowest BCUT2D eigenvalue weighted by Gasteiger charge is -2.08. The Bertz CT molecular complexity index is 611. The Labute approximate surface area is 111 Å². The van der Waals surface area contributed by atoms with E-state index in [1.54, 1.807) is 43.6 Å². The highest BCUT2D eigenvalue weighted by molar-refractivity contribution is 6.02. The molecule has 1 aromatic heterocycles. The minimum Gasteiger partial charge on any atom is -0.497 e. The van der Waals surface area contributed by atoms with Crippen LogP contribution in [0.25, 0.3) is 0 Å². The van der Waals surface area contributed by atoms with Crippen LogP contribution in [0.4, 0.5) is 11.5 Å². The van der Waals surface area contributed by atoms with E-state index in [0.29, 0.717) is 28.4 Å². The molecule has 1 heterocycles. The van der Waals surface area contributed by atoms with Gasteiger partial charge in [0, 0.05) is 35.5 Å². The molecule has 19 heavy (non-hydrogen) atoms. The standard InChI is InChI=1S/C14H15N3O2/c1-19-10-4-5-11(12(15)8-10)13(18)7-9-3-2-6-17-14(9)16/h2-6,8H,7,15H2,1H3,(H2,16,17). The van der Waals surface area contributed by atoms with Crippen LogP contribution in [0, 0.1) is 0 Å². The average molecular weight is 257 g/mol. The molecule has 0 aliphatic carbocycles. The summed E-state index contributed by atoms with van der Waals surface area (Å²) in [7, 11) is 1.55. The number of carbonyl (C=O) groups excluding carboxylic acids is 1. The molecule has 5 nitrogen and oxygen atoms in total. The van der Waals surface area contributed by atoms with E-state index in [0.717, 1.165) is 0 Å². The van der Waals surface area contributed by atoms with Gasteiger partial charge in [-0.2, -0.15) is 0 Å². The highest BCUT2D eigenvalue weighted by Gasteiger charge is 2.13. The SMILES string of the molecule is COc1ccc(C(=O)Cc2cccnc2N)c(N)c1. The number of nitrogens with zero attached hydrogens (tertiary/aromatic N) is 1. The molecule has 0 saturated heterocycles. The summed E-state index contributed by atoms with van der Waals surface area (Å²) in [6, 6.07) is 8.51. The van der Waals surface area contributed by atoms with Crippen molar-refractivity contribution in [1.82, 2.24) is 4.98 Å². The Hall–Kier alpha value is -2.56. The van der Waals surface area contributed by atoms with E-state index in [1.165, 1.54) is 0 Å². The van der Waals surface area contributed by atoms with Crippen LogP contribution in [0.2, 0.25) is 0 Å². The number of hydrogen-bond acceptors (Lipinski definition) is 5. The predicted molar refractivity (Wildman–Crippen MR) is 74.1 cm³/mol. The first-order valence-corrected chi connectivity index (χ1v) is 5.78. The van der Waals surface area contributed by atoms with Crippen molar-refractivity contribution < 1.29 is 9.53 Å². The van der Waals surface area contributed by atoms with Gasteiger partial charge in [-0.1, -0.05) is 6.07 Å². The molecule has 0 atom stereocenters. The molecule has 0 aliphatic heterocycles. The van der Waals surface area contributed by atoms with E-state index in [2.05, 4.69) is 4.98 Å². The summed E-state index contributed by atoms with van der Waals surface area (Å²) in [5.41, 5.74) is 13.1. The van der Waals surface area contributed by atoms with E-state index in [9.17, 15) is 4.79 Å². The maximum atomic E-state index is 12.2. The van der Waals surface area contributed by atoms with Crippen LogP contribution in [0.15, 0.2) is 36.5 Å². The number of pyridine rings is 1. The van der Waals surface area contributed by atoms with Crippen molar-refractivity contribution in [2.75, 3.05) is 18.6 Å². The molecule has 0 fully saturated rings. The van der Waals surface area contributed by atoms with Crippen molar-refractivity contribution in [3.8, 4) is 5.75 Å². The van der Waals surface area contributed by atoms with Gasteiger partial charge in [0.25, 0.3) is 0 Å². The molecule has 0 unspecified atom stereocenters. The Morgan fingerprint density at radius 3 is 2.74 bits per heavy atom. The van der Waals surface area contributed by atoms with Crippen LogP contribution >= 0.6 is 0 Å². The van der Waals surface area contributed by atoms with E-state index >= 15 is 0 Å². The minimum absolute atomic E-state index is 0.0974. The molecule has 0 aliphatic rings. The third-order valence-electron chi connectivity index (χ3n) is 2.84. The van der Waals surface area contributed by atoms with E-state index < -0.39 is 0 Å². The number of nitrogen functional groups attached to an aromatic ring is 2. The number of benzene rings is 1. The fourth-order valence-corrected chi connectivity index (χ4v) is 1.79. The molecule has 4 N–H and O–H groups in total. The molecular formula is C14H15N3O2. The highest BCUT2D eigenvalue weighted by atomic mass is 16.5. The van der Waals surface area contributed by atoms with Crippen LogP contribution in [0.1, 0.15) is 15.9 Å². The molecule has 0 spiro atoms. The van der Waals surface area contributed by atoms with Gasteiger partial charge in [0.15, 0.2) is 5.78 Å². The zero-order chi connectivity index (χ0) is 13.8. The molecular weight excluding hydrogens is 242 g/mol. The number of methoxy groups -OCH3 is 1. The second kappa shape index (κ2) is 5.39. The van der Waals surface area contributed by atoms with Crippen molar-refractivity contribution in [1.29, 1.82) is 0 Å². The summed E-state index contributed by atoms with van der Waals surface area (Å²) in [5.74, 6) is 0.887. The summed E-state index contributed by atoms with van der Waals surface area (Å²) in [5, 5.41) is 0. The maximum absolute atomic E-state index is 12.2. The van der Waals surface area contributed by atoms with Gasteiger partial charge < -0.3 is 16.2 Å². The summed E-state index contributed by atoms with van der Waals surface area (Å²) in [4.78, 5) is 16.1. The average Bonchev–Trinajstić information content (AvgIpc) is 2.41. The van der Waals surface area contributed by atoms with Gasteiger partial charge in [-0.15, -0.1) is 0 Å². The number of nitrogens with two attached hydrogens (primary N) is 2. The zero-order valence-electron chi connectivity index (χ0n) is 10.6. The van der Waals surface area contributed by atoms with Crippen LogP contribution in [0.3, 0.4) is 0 Å². The van der Waals surface area contributed by atoms with Crippen LogP contribution in [-0.4, -0.2) is 17.9 Å². The molecule has 5 heteroatoms. The van der Waals surface area contributed by atoms with Gasteiger partial charge in [0.2, 0.25) is 0 Å². The molecule has 98 valence electrons. The molecule has 0 bridgehead atoms. The van der Waals surface area contributed by atoms with Crippen molar-refractivity contribution in [2.24, 2.45) is 0 Å². The van der Waals surface area contributed by atoms with Crippen LogP contribution < -0.4 is 16.2 Å². The number of Topliss-reactive ketones (excluding diaryl/α,β-unsaturated/α-hetero) is 1. The van der Waals surface area contributed by atoms with E-state index in [4.69, 9.17) is 16.2 Å². The first kappa shape index (κ1) is 12.9. The number of aromatic nitrogens is 1. The topological polar surface area (TPSA) is 91.2 Å². The Kier molecular flexibility index (Phi) is 3.66. The smallest absolute Gasteiger partial charge is 0.169 e. The first-order valence-electron chi connectivity index (χ1n) is 5.78. The number of anilines is 2. The Morgan fingerprint density at radius 2 is 2.11 bits per heavy atom. The summed E-state index contributed by atoms with van der Waals surface area (Å²) in [6.07, 6.45) is 1.77. The monoisotopic (exact) mass is 257 g/mol. The maximum Gasteiger partial charge on any atom is 0.169 e. The fourth-order valence-electron chi connectivity index (χ4n) is 1.79. The molecule has 0 saturated carbocycles. The number of ether oxygens (including phenoxy) is 1. The van der Waals surface area contributed by atoms with Crippen molar-refractivity contribution in [3.05, 3.63) is 47.7 Å². The predicted octanol–water partition coefficient (Wildman–Crippen LogP) is 1.68. The molecule has 2 rings (SSSR count). The quantitative estimate of drug-likeness (QED) is 0.642. The van der Waals surface area contributed by atoms with Gasteiger partial charge in [0.05, 0.1) is 7.11 Å². The van der Waals surface area contributed by atoms with Gasteiger partial charge in [-0.3, -0.25) is 4.79 Å². The first-order chi connectivity index (χ1) is 9.11.